The fourth-order valence-electron chi connectivity index (χ4n) is 0.772. The van der Waals surface area contributed by atoms with Gasteiger partial charge in [-0.2, -0.15) is 8.78 Å². The van der Waals surface area contributed by atoms with Crippen LogP contribution in [0.4, 0.5) is 8.78 Å². The quantitative estimate of drug-likeness (QED) is 0.470. The molecule has 0 spiro atoms. The van der Waals surface area contributed by atoms with Gasteiger partial charge in [-0.3, -0.25) is 9.59 Å². The van der Waals surface area contributed by atoms with Crippen LogP contribution in [0.5, 0.6) is 0 Å². The first-order valence-corrected chi connectivity index (χ1v) is 3.63. The lowest BCUT2D eigenvalue weighted by molar-refractivity contribution is -0.159. The van der Waals surface area contributed by atoms with Gasteiger partial charge in [-0.25, -0.2) is 0 Å². The van der Waals surface area contributed by atoms with Crippen molar-refractivity contribution in [1.29, 1.82) is 0 Å². The number of carbonyl (C=O) groups excluding carboxylic acids is 2. The van der Waals surface area contributed by atoms with E-state index in [1.165, 1.54) is 0 Å². The highest BCUT2D eigenvalue weighted by Crippen LogP contribution is 2.13. The molecule has 3 nitrogen and oxygen atoms in total. The van der Waals surface area contributed by atoms with Crippen LogP contribution >= 0.6 is 0 Å². The van der Waals surface area contributed by atoms with Crippen LogP contribution in [0.15, 0.2) is 0 Å². The van der Waals surface area contributed by atoms with E-state index in [1.807, 2.05) is 0 Å². The van der Waals surface area contributed by atoms with Crippen molar-refractivity contribution >= 4 is 12.2 Å². The summed E-state index contributed by atoms with van der Waals surface area (Å²) in [6.45, 7) is 3.50. The smallest absolute Gasteiger partial charge is 0.338 e. The average Bonchev–Trinajstić information content (AvgIpc) is 2.06. The number of halogens is 2. The molecule has 0 rings (SSSR count). The Morgan fingerprint density at radius 3 is 2.08 bits per heavy atom. The summed E-state index contributed by atoms with van der Waals surface area (Å²) >= 11 is 0. The third kappa shape index (κ3) is 2.25. The van der Waals surface area contributed by atoms with Crippen LogP contribution in [0.3, 0.4) is 0 Å². The molecule has 0 heterocycles. The second kappa shape index (κ2) is 4.13. The summed E-state index contributed by atoms with van der Waals surface area (Å²) < 4.78 is 24.8. The molecule has 0 aliphatic rings. The van der Waals surface area contributed by atoms with E-state index in [9.17, 15) is 18.4 Å². The molecule has 1 amide bonds. The van der Waals surface area contributed by atoms with Crippen molar-refractivity contribution in [3.8, 4) is 0 Å². The predicted octanol–water partition coefficient (Wildman–Crippen LogP) is 0.689. The molecule has 0 N–H and O–H groups in total. The number of aldehydes is 1. The van der Waals surface area contributed by atoms with Crippen molar-refractivity contribution in [3.63, 3.8) is 0 Å². The Kier molecular flexibility index (Phi) is 3.79. The molecular weight excluding hydrogens is 168 g/mol. The molecule has 5 heteroatoms. The summed E-state index contributed by atoms with van der Waals surface area (Å²) in [5, 5.41) is 0. The van der Waals surface area contributed by atoms with E-state index in [4.69, 9.17) is 0 Å². The maximum Gasteiger partial charge on any atom is 0.378 e. The first kappa shape index (κ1) is 11.0. The summed E-state index contributed by atoms with van der Waals surface area (Å²) in [5.74, 6) is -5.30. The zero-order chi connectivity index (χ0) is 9.78. The van der Waals surface area contributed by atoms with Crippen LogP contribution in [0.1, 0.15) is 13.8 Å². The Morgan fingerprint density at radius 1 is 1.42 bits per heavy atom. The minimum Gasteiger partial charge on any atom is -0.338 e. The van der Waals surface area contributed by atoms with E-state index in [2.05, 4.69) is 0 Å². The highest BCUT2D eigenvalue weighted by atomic mass is 19.3. The monoisotopic (exact) mass is 179 g/mol. The van der Waals surface area contributed by atoms with E-state index in [0.717, 1.165) is 4.90 Å². The van der Waals surface area contributed by atoms with Gasteiger partial charge in [-0.1, -0.05) is 0 Å². The van der Waals surface area contributed by atoms with Crippen LogP contribution in [0, 0.1) is 0 Å². The predicted molar refractivity (Wildman–Crippen MR) is 38.9 cm³/mol. The lowest BCUT2D eigenvalue weighted by Gasteiger charge is -2.21. The van der Waals surface area contributed by atoms with Gasteiger partial charge < -0.3 is 4.90 Å². The molecule has 0 bridgehead atoms. The Labute approximate surface area is 69.3 Å². The van der Waals surface area contributed by atoms with Gasteiger partial charge in [0.1, 0.15) is 0 Å². The normalized spacial score (nSPS) is 11.0. The Hall–Kier alpha value is -1.00. The first-order valence-electron chi connectivity index (χ1n) is 3.63. The van der Waals surface area contributed by atoms with Gasteiger partial charge in [-0.15, -0.1) is 0 Å². The number of amides is 1. The molecule has 0 atom stereocenters. The summed E-state index contributed by atoms with van der Waals surface area (Å²) in [6.07, 6.45) is -0.631. The van der Waals surface area contributed by atoms with Gasteiger partial charge in [0, 0.05) is 13.1 Å². The molecular formula is C7H11F2NO2. The molecule has 0 aromatic heterocycles. The van der Waals surface area contributed by atoms with Crippen molar-refractivity contribution in [2.75, 3.05) is 13.1 Å². The Balaban J connectivity index is 4.45. The maximum absolute atomic E-state index is 12.4. The molecule has 70 valence electrons. The molecule has 12 heavy (non-hydrogen) atoms. The van der Waals surface area contributed by atoms with Crippen LogP contribution in [-0.4, -0.2) is 36.1 Å². The zero-order valence-electron chi connectivity index (χ0n) is 7.01. The van der Waals surface area contributed by atoms with Crippen molar-refractivity contribution in [2.45, 2.75) is 19.8 Å². The number of hydrogen-bond acceptors (Lipinski definition) is 2. The van der Waals surface area contributed by atoms with E-state index < -0.39 is 18.1 Å². The minimum atomic E-state index is -3.87. The largest absolute Gasteiger partial charge is 0.378 e. The van der Waals surface area contributed by atoms with Crippen molar-refractivity contribution in [3.05, 3.63) is 0 Å². The molecule has 0 radical (unpaired) electrons. The third-order valence-corrected chi connectivity index (χ3v) is 1.48. The van der Waals surface area contributed by atoms with Gasteiger partial charge >= 0.3 is 11.8 Å². The van der Waals surface area contributed by atoms with E-state index in [1.54, 1.807) is 13.8 Å². The number of alkyl halides is 2. The van der Waals surface area contributed by atoms with Gasteiger partial charge in [0.25, 0.3) is 0 Å². The molecule has 0 saturated carbocycles. The summed E-state index contributed by atoms with van der Waals surface area (Å²) in [7, 11) is 0. The van der Waals surface area contributed by atoms with E-state index >= 15 is 0 Å². The number of nitrogens with zero attached hydrogens (tertiary/aromatic N) is 1. The molecule has 0 aromatic rings. The van der Waals surface area contributed by atoms with E-state index in [-0.39, 0.29) is 13.1 Å². The SMILES string of the molecule is CCN(CC)C(=O)C(F)(F)C=O. The zero-order valence-corrected chi connectivity index (χ0v) is 7.01. The lowest BCUT2D eigenvalue weighted by atomic mass is 10.3. The Morgan fingerprint density at radius 2 is 1.83 bits per heavy atom. The maximum atomic E-state index is 12.4. The minimum absolute atomic E-state index is 0.179. The van der Waals surface area contributed by atoms with Crippen molar-refractivity contribution in [1.82, 2.24) is 4.90 Å². The number of rotatable bonds is 4. The van der Waals surface area contributed by atoms with Gasteiger partial charge in [0.05, 0.1) is 0 Å². The molecule has 0 aromatic carbocycles. The second-order valence-electron chi connectivity index (χ2n) is 2.22. The van der Waals surface area contributed by atoms with Crippen molar-refractivity contribution in [2.24, 2.45) is 0 Å². The van der Waals surface area contributed by atoms with Gasteiger partial charge in [-0.05, 0) is 13.8 Å². The third-order valence-electron chi connectivity index (χ3n) is 1.48. The highest BCUT2D eigenvalue weighted by Gasteiger charge is 2.40. The summed E-state index contributed by atoms with van der Waals surface area (Å²) in [5.41, 5.74) is 0. The number of hydrogen-bond donors (Lipinski definition) is 0. The average molecular weight is 179 g/mol. The van der Waals surface area contributed by atoms with Gasteiger partial charge in [0.15, 0.2) is 6.29 Å². The molecule has 0 aliphatic heterocycles. The van der Waals surface area contributed by atoms with Crippen LogP contribution < -0.4 is 0 Å². The van der Waals surface area contributed by atoms with Crippen LogP contribution in [0.25, 0.3) is 0 Å². The van der Waals surface area contributed by atoms with Crippen molar-refractivity contribution < 1.29 is 18.4 Å². The second-order valence-corrected chi connectivity index (χ2v) is 2.22. The Bertz CT molecular complexity index is 178. The molecule has 0 fully saturated rings. The van der Waals surface area contributed by atoms with E-state index in [0.29, 0.717) is 0 Å². The highest BCUT2D eigenvalue weighted by molar-refractivity contribution is 5.97. The summed E-state index contributed by atoms with van der Waals surface area (Å²) in [6, 6.07) is 0. The standard InChI is InChI=1S/C7H11F2NO2/c1-3-10(4-2)6(12)7(8,9)5-11/h5H,3-4H2,1-2H3. The molecule has 0 aliphatic carbocycles. The molecule has 0 saturated heterocycles. The number of carbonyl (C=O) groups is 2. The first-order chi connectivity index (χ1) is 5.49. The summed E-state index contributed by atoms with van der Waals surface area (Å²) in [4.78, 5) is 21.5. The van der Waals surface area contributed by atoms with Crippen LogP contribution in [0.2, 0.25) is 0 Å². The molecule has 0 unspecified atom stereocenters. The van der Waals surface area contributed by atoms with Gasteiger partial charge in [0.2, 0.25) is 0 Å². The lowest BCUT2D eigenvalue weighted by Crippen LogP contribution is -2.44. The van der Waals surface area contributed by atoms with Crippen LogP contribution in [-0.2, 0) is 9.59 Å². The fourth-order valence-corrected chi connectivity index (χ4v) is 0.772. The topological polar surface area (TPSA) is 37.4 Å². The fraction of sp³-hybridized carbons (Fsp3) is 0.714.